The Balaban J connectivity index is 4.12. The molecule has 0 N–H and O–H groups in total. The Bertz CT molecular complexity index is 172. The average molecular weight is 200 g/mol. The second kappa shape index (κ2) is 4.81. The van der Waals surface area contributed by atoms with E-state index in [1.54, 1.807) is 0 Å². The molecular formula is C12H24O2. The van der Waals surface area contributed by atoms with Crippen LogP contribution >= 0.6 is 0 Å². The van der Waals surface area contributed by atoms with Crippen molar-refractivity contribution < 1.29 is 9.53 Å². The smallest absolute Gasteiger partial charge is 0.306 e. The molecule has 0 heterocycles. The Morgan fingerprint density at radius 3 is 1.93 bits per heavy atom. The lowest BCUT2D eigenvalue weighted by Gasteiger charge is -2.27. The van der Waals surface area contributed by atoms with Gasteiger partial charge in [0.15, 0.2) is 0 Å². The van der Waals surface area contributed by atoms with E-state index in [0.717, 1.165) is 12.8 Å². The van der Waals surface area contributed by atoms with Crippen molar-refractivity contribution in [3.05, 3.63) is 0 Å². The predicted octanol–water partition coefficient (Wildman–Crippen LogP) is 3.54. The standard InChI is InChI=1S/C12H24O2/c1-7-11(3,4)9-10(13)14-12(5,6)8-2/h7-9H2,1-6H3. The van der Waals surface area contributed by atoms with Crippen LogP contribution in [-0.2, 0) is 9.53 Å². The van der Waals surface area contributed by atoms with Gasteiger partial charge >= 0.3 is 5.97 Å². The van der Waals surface area contributed by atoms with Crippen LogP contribution in [-0.4, -0.2) is 11.6 Å². The molecule has 0 aliphatic heterocycles. The van der Waals surface area contributed by atoms with Crippen LogP contribution in [0.3, 0.4) is 0 Å². The van der Waals surface area contributed by atoms with E-state index in [2.05, 4.69) is 20.8 Å². The molecule has 0 aromatic heterocycles. The van der Waals surface area contributed by atoms with Gasteiger partial charge in [-0.05, 0) is 25.7 Å². The predicted molar refractivity (Wildman–Crippen MR) is 59.2 cm³/mol. The Morgan fingerprint density at radius 2 is 1.57 bits per heavy atom. The van der Waals surface area contributed by atoms with E-state index >= 15 is 0 Å². The first kappa shape index (κ1) is 13.5. The molecule has 0 aromatic carbocycles. The second-order valence-corrected chi connectivity index (χ2v) is 5.28. The second-order valence-electron chi connectivity index (χ2n) is 5.28. The lowest BCUT2D eigenvalue weighted by atomic mass is 9.86. The molecule has 0 aromatic rings. The van der Waals surface area contributed by atoms with Crippen LogP contribution in [0, 0.1) is 5.41 Å². The van der Waals surface area contributed by atoms with Crippen LogP contribution in [0.15, 0.2) is 0 Å². The molecule has 0 aliphatic carbocycles. The zero-order valence-corrected chi connectivity index (χ0v) is 10.4. The zero-order chi connectivity index (χ0) is 11.4. The summed E-state index contributed by atoms with van der Waals surface area (Å²) in [5.74, 6) is -0.0799. The maximum Gasteiger partial charge on any atom is 0.306 e. The summed E-state index contributed by atoms with van der Waals surface area (Å²) in [5, 5.41) is 0. The minimum absolute atomic E-state index is 0.0565. The molecule has 0 saturated heterocycles. The number of hydrogen-bond donors (Lipinski definition) is 0. The van der Waals surface area contributed by atoms with Crippen molar-refractivity contribution in [2.75, 3.05) is 0 Å². The van der Waals surface area contributed by atoms with Crippen LogP contribution in [0.1, 0.15) is 60.8 Å². The summed E-state index contributed by atoms with van der Waals surface area (Å²) in [4.78, 5) is 11.6. The van der Waals surface area contributed by atoms with Crippen molar-refractivity contribution in [1.29, 1.82) is 0 Å². The molecule has 0 amide bonds. The van der Waals surface area contributed by atoms with Gasteiger partial charge in [-0.1, -0.05) is 34.1 Å². The SMILES string of the molecule is CCC(C)(C)CC(=O)OC(C)(C)CC. The van der Waals surface area contributed by atoms with Crippen LogP contribution in [0.2, 0.25) is 0 Å². The number of esters is 1. The first-order valence-corrected chi connectivity index (χ1v) is 5.44. The fraction of sp³-hybridized carbons (Fsp3) is 0.917. The summed E-state index contributed by atoms with van der Waals surface area (Å²) >= 11 is 0. The maximum absolute atomic E-state index is 11.6. The van der Waals surface area contributed by atoms with E-state index in [-0.39, 0.29) is 17.0 Å². The van der Waals surface area contributed by atoms with Gasteiger partial charge in [0.25, 0.3) is 0 Å². The van der Waals surface area contributed by atoms with Gasteiger partial charge in [-0.25, -0.2) is 0 Å². The molecule has 0 fully saturated rings. The number of carbonyl (C=O) groups is 1. The van der Waals surface area contributed by atoms with E-state index < -0.39 is 0 Å². The summed E-state index contributed by atoms with van der Waals surface area (Å²) in [5.41, 5.74) is -0.262. The third kappa shape index (κ3) is 5.25. The van der Waals surface area contributed by atoms with Crippen LogP contribution in [0.5, 0.6) is 0 Å². The maximum atomic E-state index is 11.6. The minimum atomic E-state index is -0.319. The fourth-order valence-electron chi connectivity index (χ4n) is 0.932. The average Bonchev–Trinajstić information content (AvgIpc) is 2.02. The first-order valence-electron chi connectivity index (χ1n) is 5.44. The molecule has 0 rings (SSSR count). The van der Waals surface area contributed by atoms with Crippen LogP contribution in [0.4, 0.5) is 0 Å². The van der Waals surface area contributed by atoms with Crippen molar-refractivity contribution in [2.24, 2.45) is 5.41 Å². The third-order valence-corrected chi connectivity index (χ3v) is 2.82. The molecule has 0 unspecified atom stereocenters. The largest absolute Gasteiger partial charge is 0.460 e. The monoisotopic (exact) mass is 200 g/mol. The quantitative estimate of drug-likeness (QED) is 0.634. The Hall–Kier alpha value is -0.530. The number of hydrogen-bond acceptors (Lipinski definition) is 2. The molecule has 0 radical (unpaired) electrons. The minimum Gasteiger partial charge on any atom is -0.460 e. The molecule has 14 heavy (non-hydrogen) atoms. The normalized spacial score (nSPS) is 12.7. The summed E-state index contributed by atoms with van der Waals surface area (Å²) in [6, 6.07) is 0. The van der Waals surface area contributed by atoms with Gasteiger partial charge < -0.3 is 4.74 Å². The third-order valence-electron chi connectivity index (χ3n) is 2.82. The van der Waals surface area contributed by atoms with Gasteiger partial charge in [0.2, 0.25) is 0 Å². The number of rotatable bonds is 5. The van der Waals surface area contributed by atoms with Gasteiger partial charge in [0.1, 0.15) is 5.60 Å². The zero-order valence-electron chi connectivity index (χ0n) is 10.4. The Labute approximate surface area is 88.0 Å². The lowest BCUT2D eigenvalue weighted by molar-refractivity contribution is -0.159. The molecule has 84 valence electrons. The molecule has 0 spiro atoms. The highest BCUT2D eigenvalue weighted by Crippen LogP contribution is 2.26. The van der Waals surface area contributed by atoms with E-state index in [9.17, 15) is 4.79 Å². The van der Waals surface area contributed by atoms with Crippen LogP contribution in [0.25, 0.3) is 0 Å². The molecule has 0 aliphatic rings. The highest BCUT2D eigenvalue weighted by atomic mass is 16.6. The molecule has 2 nitrogen and oxygen atoms in total. The highest BCUT2D eigenvalue weighted by molar-refractivity contribution is 5.70. The summed E-state index contributed by atoms with van der Waals surface area (Å²) in [6.07, 6.45) is 2.35. The van der Waals surface area contributed by atoms with Crippen molar-refractivity contribution in [3.8, 4) is 0 Å². The first-order chi connectivity index (χ1) is 6.22. The molecule has 2 heteroatoms. The topological polar surface area (TPSA) is 26.3 Å². The van der Waals surface area contributed by atoms with Crippen molar-refractivity contribution in [2.45, 2.75) is 66.4 Å². The van der Waals surface area contributed by atoms with Gasteiger partial charge in [-0.2, -0.15) is 0 Å². The fourth-order valence-corrected chi connectivity index (χ4v) is 0.932. The Morgan fingerprint density at radius 1 is 1.07 bits per heavy atom. The van der Waals surface area contributed by atoms with Crippen molar-refractivity contribution in [3.63, 3.8) is 0 Å². The van der Waals surface area contributed by atoms with Crippen molar-refractivity contribution in [1.82, 2.24) is 0 Å². The number of carbonyl (C=O) groups excluding carboxylic acids is 1. The summed E-state index contributed by atoms with van der Waals surface area (Å²) in [7, 11) is 0. The molecule has 0 bridgehead atoms. The van der Waals surface area contributed by atoms with Gasteiger partial charge in [-0.15, -0.1) is 0 Å². The van der Waals surface area contributed by atoms with E-state index in [4.69, 9.17) is 4.74 Å². The van der Waals surface area contributed by atoms with Gasteiger partial charge in [0, 0.05) is 0 Å². The van der Waals surface area contributed by atoms with E-state index in [0.29, 0.717) is 6.42 Å². The van der Waals surface area contributed by atoms with Crippen molar-refractivity contribution >= 4 is 5.97 Å². The molecule has 0 atom stereocenters. The van der Waals surface area contributed by atoms with Gasteiger partial charge in [-0.3, -0.25) is 4.79 Å². The Kier molecular flexibility index (Phi) is 4.63. The number of ether oxygens (including phenoxy) is 1. The van der Waals surface area contributed by atoms with Crippen LogP contribution < -0.4 is 0 Å². The molecular weight excluding hydrogens is 176 g/mol. The highest BCUT2D eigenvalue weighted by Gasteiger charge is 2.25. The molecule has 0 saturated carbocycles. The van der Waals surface area contributed by atoms with E-state index in [1.807, 2.05) is 20.8 Å². The van der Waals surface area contributed by atoms with Gasteiger partial charge in [0.05, 0.1) is 6.42 Å². The van der Waals surface area contributed by atoms with E-state index in [1.165, 1.54) is 0 Å². The summed E-state index contributed by atoms with van der Waals surface area (Å²) < 4.78 is 5.39. The lowest BCUT2D eigenvalue weighted by Crippen LogP contribution is -2.29. The summed E-state index contributed by atoms with van der Waals surface area (Å²) in [6.45, 7) is 12.2.